The quantitative estimate of drug-likeness (QED) is 0.814. The number of fused-ring (bicyclic) bond motifs is 1. The largest absolute Gasteiger partial charge is 0.399 e. The minimum Gasteiger partial charge on any atom is -0.399 e. The molecule has 0 aromatic heterocycles. The van der Waals surface area contributed by atoms with Gasteiger partial charge in [-0.3, -0.25) is 0 Å². The van der Waals surface area contributed by atoms with Crippen LogP contribution < -0.4 is 10.6 Å². The van der Waals surface area contributed by atoms with Gasteiger partial charge in [0.2, 0.25) is 0 Å². The van der Waals surface area contributed by atoms with Crippen molar-refractivity contribution in [2.24, 2.45) is 0 Å². The first kappa shape index (κ1) is 11.1. The van der Waals surface area contributed by atoms with E-state index in [-0.39, 0.29) is 0 Å². The number of rotatable bonds is 2. The summed E-state index contributed by atoms with van der Waals surface area (Å²) in [5, 5.41) is 0. The standard InChI is InChI=1S/C16H18N2/c1-12-4-2-3-5-14(12)11-18-9-8-13-6-7-15(17)10-16(13)18/h2-7,10H,8-9,11,17H2,1H3. The average Bonchev–Trinajstić information content (AvgIpc) is 2.75. The molecule has 1 aliphatic heterocycles. The predicted octanol–water partition coefficient (Wildman–Crippen LogP) is 3.14. The summed E-state index contributed by atoms with van der Waals surface area (Å²) in [4.78, 5) is 2.42. The molecule has 1 heterocycles. The Kier molecular flexibility index (Phi) is 2.71. The van der Waals surface area contributed by atoms with E-state index in [4.69, 9.17) is 5.73 Å². The van der Waals surface area contributed by atoms with E-state index in [2.05, 4.69) is 48.2 Å². The highest BCUT2D eigenvalue weighted by Gasteiger charge is 2.19. The molecular weight excluding hydrogens is 220 g/mol. The van der Waals surface area contributed by atoms with Crippen molar-refractivity contribution < 1.29 is 0 Å². The molecule has 0 radical (unpaired) electrons. The zero-order chi connectivity index (χ0) is 12.5. The van der Waals surface area contributed by atoms with Crippen molar-refractivity contribution >= 4 is 11.4 Å². The molecule has 0 amide bonds. The molecule has 0 saturated carbocycles. The maximum absolute atomic E-state index is 5.89. The summed E-state index contributed by atoms with van der Waals surface area (Å²) in [5.41, 5.74) is 12.2. The first-order valence-corrected chi connectivity index (χ1v) is 6.42. The topological polar surface area (TPSA) is 29.3 Å². The Balaban J connectivity index is 1.89. The zero-order valence-corrected chi connectivity index (χ0v) is 10.7. The molecule has 0 bridgehead atoms. The van der Waals surface area contributed by atoms with E-state index in [9.17, 15) is 0 Å². The minimum absolute atomic E-state index is 0.852. The molecular formula is C16H18N2. The van der Waals surface area contributed by atoms with E-state index in [0.29, 0.717) is 0 Å². The number of nitrogens with zero attached hydrogens (tertiary/aromatic N) is 1. The van der Waals surface area contributed by atoms with Crippen molar-refractivity contribution in [3.63, 3.8) is 0 Å². The lowest BCUT2D eigenvalue weighted by Crippen LogP contribution is -2.20. The van der Waals surface area contributed by atoms with Crippen LogP contribution in [0.3, 0.4) is 0 Å². The number of nitrogens with two attached hydrogens (primary N) is 1. The molecule has 2 aromatic rings. The van der Waals surface area contributed by atoms with Crippen molar-refractivity contribution in [2.75, 3.05) is 17.2 Å². The Hall–Kier alpha value is -1.96. The highest BCUT2D eigenvalue weighted by Crippen LogP contribution is 2.31. The van der Waals surface area contributed by atoms with E-state index in [0.717, 1.165) is 25.2 Å². The average molecular weight is 238 g/mol. The highest BCUT2D eigenvalue weighted by atomic mass is 15.1. The number of hydrogen-bond donors (Lipinski definition) is 1. The fraction of sp³-hybridized carbons (Fsp3) is 0.250. The minimum atomic E-state index is 0.852. The number of hydrogen-bond acceptors (Lipinski definition) is 2. The summed E-state index contributed by atoms with van der Waals surface area (Å²) < 4.78 is 0. The summed E-state index contributed by atoms with van der Waals surface area (Å²) in [6.07, 6.45) is 1.13. The second-order valence-corrected chi connectivity index (χ2v) is 4.99. The van der Waals surface area contributed by atoms with Crippen LogP contribution in [-0.4, -0.2) is 6.54 Å². The molecule has 2 heteroatoms. The first-order valence-electron chi connectivity index (χ1n) is 6.42. The van der Waals surface area contributed by atoms with E-state index >= 15 is 0 Å². The summed E-state index contributed by atoms with van der Waals surface area (Å²) in [5.74, 6) is 0. The second kappa shape index (κ2) is 4.37. The predicted molar refractivity (Wildman–Crippen MR) is 76.8 cm³/mol. The Morgan fingerprint density at radius 3 is 2.83 bits per heavy atom. The van der Waals surface area contributed by atoms with Crippen molar-refractivity contribution in [3.05, 3.63) is 59.2 Å². The van der Waals surface area contributed by atoms with Crippen LogP contribution in [-0.2, 0) is 13.0 Å². The lowest BCUT2D eigenvalue weighted by atomic mass is 10.1. The van der Waals surface area contributed by atoms with Gasteiger partial charge in [0.15, 0.2) is 0 Å². The molecule has 2 N–H and O–H groups in total. The third-order valence-electron chi connectivity index (χ3n) is 3.72. The van der Waals surface area contributed by atoms with Crippen LogP contribution in [0.2, 0.25) is 0 Å². The molecule has 0 aliphatic carbocycles. The number of benzene rings is 2. The van der Waals surface area contributed by atoms with Gasteiger partial charge in [-0.1, -0.05) is 30.3 Å². The molecule has 0 saturated heterocycles. The molecule has 0 spiro atoms. The van der Waals surface area contributed by atoms with Gasteiger partial charge < -0.3 is 10.6 Å². The maximum atomic E-state index is 5.89. The van der Waals surface area contributed by atoms with Gasteiger partial charge in [0.25, 0.3) is 0 Å². The fourth-order valence-electron chi connectivity index (χ4n) is 2.62. The highest BCUT2D eigenvalue weighted by molar-refractivity contribution is 5.64. The van der Waals surface area contributed by atoms with Crippen LogP contribution in [0.1, 0.15) is 16.7 Å². The summed E-state index contributed by atoms with van der Waals surface area (Å²) >= 11 is 0. The molecule has 1 aliphatic rings. The Bertz CT molecular complexity index is 575. The second-order valence-electron chi connectivity index (χ2n) is 4.99. The Labute approximate surface area is 108 Å². The van der Waals surface area contributed by atoms with Gasteiger partial charge in [-0.15, -0.1) is 0 Å². The fourth-order valence-corrected chi connectivity index (χ4v) is 2.62. The first-order chi connectivity index (χ1) is 8.74. The summed E-state index contributed by atoms with van der Waals surface area (Å²) in [7, 11) is 0. The van der Waals surface area contributed by atoms with Gasteiger partial charge in [0.05, 0.1) is 0 Å². The van der Waals surface area contributed by atoms with Crippen molar-refractivity contribution in [3.8, 4) is 0 Å². The molecule has 0 atom stereocenters. The lowest BCUT2D eigenvalue weighted by Gasteiger charge is -2.21. The normalized spacial score (nSPS) is 13.7. The van der Waals surface area contributed by atoms with Crippen LogP contribution in [0.4, 0.5) is 11.4 Å². The monoisotopic (exact) mass is 238 g/mol. The van der Waals surface area contributed by atoms with Gasteiger partial charge in [0.1, 0.15) is 0 Å². The molecule has 18 heavy (non-hydrogen) atoms. The smallest absolute Gasteiger partial charge is 0.0432 e. The van der Waals surface area contributed by atoms with E-state index in [1.807, 2.05) is 6.07 Å². The molecule has 0 unspecified atom stereocenters. The summed E-state index contributed by atoms with van der Waals surface area (Å²) in [6, 6.07) is 14.8. The van der Waals surface area contributed by atoms with Crippen molar-refractivity contribution in [1.82, 2.24) is 0 Å². The third kappa shape index (κ3) is 1.94. The van der Waals surface area contributed by atoms with Gasteiger partial charge in [0, 0.05) is 24.5 Å². The van der Waals surface area contributed by atoms with Crippen LogP contribution >= 0.6 is 0 Å². The van der Waals surface area contributed by atoms with Crippen LogP contribution in [0.5, 0.6) is 0 Å². The summed E-state index contributed by atoms with van der Waals surface area (Å²) in [6.45, 7) is 4.24. The van der Waals surface area contributed by atoms with Gasteiger partial charge in [-0.25, -0.2) is 0 Å². The lowest BCUT2D eigenvalue weighted by molar-refractivity contribution is 0.831. The molecule has 92 valence electrons. The molecule has 2 aromatic carbocycles. The molecule has 2 nitrogen and oxygen atoms in total. The van der Waals surface area contributed by atoms with E-state index in [1.54, 1.807) is 0 Å². The van der Waals surface area contributed by atoms with Gasteiger partial charge in [-0.05, 0) is 42.2 Å². The van der Waals surface area contributed by atoms with E-state index < -0.39 is 0 Å². The van der Waals surface area contributed by atoms with Crippen molar-refractivity contribution in [2.45, 2.75) is 19.9 Å². The third-order valence-corrected chi connectivity index (χ3v) is 3.72. The van der Waals surface area contributed by atoms with Crippen molar-refractivity contribution in [1.29, 1.82) is 0 Å². The number of nitrogen functional groups attached to an aromatic ring is 1. The molecule has 0 fully saturated rings. The van der Waals surface area contributed by atoms with Crippen LogP contribution in [0.25, 0.3) is 0 Å². The van der Waals surface area contributed by atoms with Crippen LogP contribution in [0, 0.1) is 6.92 Å². The van der Waals surface area contributed by atoms with Gasteiger partial charge >= 0.3 is 0 Å². The van der Waals surface area contributed by atoms with Crippen LogP contribution in [0.15, 0.2) is 42.5 Å². The van der Waals surface area contributed by atoms with Gasteiger partial charge in [-0.2, -0.15) is 0 Å². The Morgan fingerprint density at radius 2 is 2.00 bits per heavy atom. The number of anilines is 2. The Morgan fingerprint density at radius 1 is 1.17 bits per heavy atom. The SMILES string of the molecule is Cc1ccccc1CN1CCc2ccc(N)cc21. The maximum Gasteiger partial charge on any atom is 0.0432 e. The number of aryl methyl sites for hydroxylation is 1. The molecule has 3 rings (SSSR count). The van der Waals surface area contributed by atoms with E-state index in [1.165, 1.54) is 22.4 Å². The zero-order valence-electron chi connectivity index (χ0n) is 10.7.